The topological polar surface area (TPSA) is 46.4 Å². The van der Waals surface area contributed by atoms with Gasteiger partial charge in [-0.2, -0.15) is 5.10 Å². The van der Waals surface area contributed by atoms with E-state index >= 15 is 0 Å². The molecule has 0 aliphatic heterocycles. The molecule has 4 rings (SSSR count). The summed E-state index contributed by atoms with van der Waals surface area (Å²) < 4.78 is 2.20. The van der Waals surface area contributed by atoms with Gasteiger partial charge in [-0.3, -0.25) is 4.79 Å². The highest BCUT2D eigenvalue weighted by atomic mass is 32.1. The average Bonchev–Trinajstić information content (AvgIpc) is 3.26. The minimum absolute atomic E-state index is 0.0883. The normalized spacial score (nSPS) is 11.5. The molecule has 0 aliphatic rings. The van der Waals surface area contributed by atoms with Gasteiger partial charge in [-0.1, -0.05) is 42.5 Å². The molecule has 0 unspecified atom stereocenters. The van der Waals surface area contributed by atoms with E-state index < -0.39 is 0 Å². The van der Waals surface area contributed by atoms with Crippen LogP contribution in [0.3, 0.4) is 0 Å². The third-order valence-corrected chi connectivity index (χ3v) is 4.97. The molecule has 4 nitrogen and oxygen atoms in total. The summed E-state index contributed by atoms with van der Waals surface area (Å²) in [6, 6.07) is 20.5. The number of benzene rings is 2. The Balaban J connectivity index is 1.51. The molecule has 2 aromatic heterocycles. The van der Waals surface area contributed by atoms with Gasteiger partial charge in [0.2, 0.25) is 5.91 Å². The molecule has 0 radical (unpaired) electrons. The van der Waals surface area contributed by atoms with Crippen molar-refractivity contribution in [1.29, 1.82) is 0 Å². The maximum Gasteiger partial charge on any atom is 0.241 e. The van der Waals surface area contributed by atoms with E-state index in [2.05, 4.69) is 39.4 Å². The Hall–Kier alpha value is -2.92. The molecule has 0 saturated carbocycles. The second kappa shape index (κ2) is 6.91. The number of carbonyl (C=O) groups is 1. The fraction of sp³-hybridized carbons (Fsp3) is 0.100. The first-order chi connectivity index (χ1) is 12.3. The number of amides is 1. The molecule has 4 aromatic rings. The quantitative estimate of drug-likeness (QED) is 0.422. The Morgan fingerprint density at radius 2 is 1.68 bits per heavy atom. The predicted octanol–water partition coefficient (Wildman–Crippen LogP) is 4.40. The van der Waals surface area contributed by atoms with Crippen molar-refractivity contribution in [3.8, 4) is 0 Å². The largest absolute Gasteiger partial charge is 0.340 e. The third kappa shape index (κ3) is 3.19. The van der Waals surface area contributed by atoms with Crippen LogP contribution in [0.25, 0.3) is 21.8 Å². The van der Waals surface area contributed by atoms with Gasteiger partial charge in [0.1, 0.15) is 0 Å². The zero-order valence-corrected chi connectivity index (χ0v) is 14.4. The van der Waals surface area contributed by atoms with Crippen LogP contribution < -0.4 is 5.43 Å². The van der Waals surface area contributed by atoms with Crippen LogP contribution in [0.5, 0.6) is 0 Å². The number of aryl methyl sites for hydroxylation is 1. The number of nitrogens with one attached hydrogen (secondary N) is 1. The van der Waals surface area contributed by atoms with Crippen molar-refractivity contribution in [3.63, 3.8) is 0 Å². The molecule has 25 heavy (non-hydrogen) atoms. The van der Waals surface area contributed by atoms with Gasteiger partial charge < -0.3 is 4.57 Å². The number of rotatable bonds is 5. The minimum atomic E-state index is -0.0883. The first kappa shape index (κ1) is 15.6. The molecule has 1 amide bonds. The Bertz CT molecular complexity index is 994. The number of hydrogen-bond acceptors (Lipinski definition) is 3. The zero-order valence-electron chi connectivity index (χ0n) is 13.6. The van der Waals surface area contributed by atoms with Crippen LogP contribution in [0.15, 0.2) is 71.1 Å². The van der Waals surface area contributed by atoms with Gasteiger partial charge in [-0.15, -0.1) is 11.3 Å². The number of fused-ring (bicyclic) bond motifs is 3. The van der Waals surface area contributed by atoms with Crippen molar-refractivity contribution in [3.05, 3.63) is 70.9 Å². The summed E-state index contributed by atoms with van der Waals surface area (Å²) in [5.41, 5.74) is 4.91. The molecule has 0 saturated heterocycles. The summed E-state index contributed by atoms with van der Waals surface area (Å²) in [7, 11) is 0. The fourth-order valence-corrected chi connectivity index (χ4v) is 3.63. The number of nitrogens with zero attached hydrogens (tertiary/aromatic N) is 2. The first-order valence-electron chi connectivity index (χ1n) is 8.14. The fourth-order valence-electron chi connectivity index (χ4n) is 3.05. The number of para-hydroxylation sites is 2. The van der Waals surface area contributed by atoms with E-state index in [9.17, 15) is 4.79 Å². The smallest absolute Gasteiger partial charge is 0.241 e. The molecule has 5 heteroatoms. The van der Waals surface area contributed by atoms with Gasteiger partial charge in [0.05, 0.1) is 6.21 Å². The Labute approximate surface area is 149 Å². The van der Waals surface area contributed by atoms with Gasteiger partial charge in [0.15, 0.2) is 0 Å². The van der Waals surface area contributed by atoms with Crippen molar-refractivity contribution in [2.24, 2.45) is 5.10 Å². The lowest BCUT2D eigenvalue weighted by molar-refractivity contribution is -0.121. The predicted molar refractivity (Wildman–Crippen MR) is 104 cm³/mol. The summed E-state index contributed by atoms with van der Waals surface area (Å²) >= 11 is 1.58. The standard InChI is InChI=1S/C20H17N3OS/c24-20(22-21-14-15-6-5-13-25-15)11-12-23-18-9-3-1-7-16(18)17-8-2-4-10-19(17)23/h1-10,13-14H,11-12H2,(H,22,24)/b21-14-. The lowest BCUT2D eigenvalue weighted by Crippen LogP contribution is -2.19. The second-order valence-corrected chi connectivity index (χ2v) is 6.72. The van der Waals surface area contributed by atoms with Crippen LogP contribution in [-0.4, -0.2) is 16.7 Å². The lowest BCUT2D eigenvalue weighted by atomic mass is 10.2. The van der Waals surface area contributed by atoms with Gasteiger partial charge in [0, 0.05) is 39.6 Å². The van der Waals surface area contributed by atoms with Gasteiger partial charge in [0.25, 0.3) is 0 Å². The molecule has 0 atom stereocenters. The summed E-state index contributed by atoms with van der Waals surface area (Å²) in [5.74, 6) is -0.0883. The van der Waals surface area contributed by atoms with Gasteiger partial charge >= 0.3 is 0 Å². The van der Waals surface area contributed by atoms with Crippen LogP contribution in [-0.2, 0) is 11.3 Å². The van der Waals surface area contributed by atoms with Crippen LogP contribution in [0, 0.1) is 0 Å². The van der Waals surface area contributed by atoms with Crippen molar-refractivity contribution in [1.82, 2.24) is 9.99 Å². The first-order valence-corrected chi connectivity index (χ1v) is 9.02. The number of thiophene rings is 1. The number of aromatic nitrogens is 1. The summed E-state index contributed by atoms with van der Waals surface area (Å²) in [4.78, 5) is 13.1. The minimum Gasteiger partial charge on any atom is -0.340 e. The molecule has 2 heterocycles. The lowest BCUT2D eigenvalue weighted by Gasteiger charge is -2.06. The highest BCUT2D eigenvalue weighted by Crippen LogP contribution is 2.28. The molecule has 0 fully saturated rings. The molecule has 2 aromatic carbocycles. The monoisotopic (exact) mass is 347 g/mol. The van der Waals surface area contributed by atoms with E-state index in [1.807, 2.05) is 41.8 Å². The van der Waals surface area contributed by atoms with Crippen molar-refractivity contribution in [2.75, 3.05) is 0 Å². The van der Waals surface area contributed by atoms with Crippen LogP contribution in [0.1, 0.15) is 11.3 Å². The third-order valence-electron chi connectivity index (χ3n) is 4.17. The highest BCUT2D eigenvalue weighted by molar-refractivity contribution is 7.11. The molecule has 0 aliphatic carbocycles. The van der Waals surface area contributed by atoms with Crippen molar-refractivity contribution >= 4 is 45.3 Å². The molecule has 124 valence electrons. The Kier molecular flexibility index (Phi) is 4.31. The van der Waals surface area contributed by atoms with Crippen LogP contribution in [0.4, 0.5) is 0 Å². The summed E-state index contributed by atoms with van der Waals surface area (Å²) in [5, 5.41) is 8.43. The molecule has 0 bridgehead atoms. The van der Waals surface area contributed by atoms with Gasteiger partial charge in [-0.25, -0.2) is 5.43 Å². The number of carbonyl (C=O) groups excluding carboxylic acids is 1. The second-order valence-electron chi connectivity index (χ2n) is 5.74. The van der Waals surface area contributed by atoms with E-state index in [4.69, 9.17) is 0 Å². The summed E-state index contributed by atoms with van der Waals surface area (Å²) in [6.07, 6.45) is 2.05. The Morgan fingerprint density at radius 3 is 2.32 bits per heavy atom. The van der Waals surface area contributed by atoms with E-state index in [0.29, 0.717) is 13.0 Å². The molecular weight excluding hydrogens is 330 g/mol. The summed E-state index contributed by atoms with van der Waals surface area (Å²) in [6.45, 7) is 0.619. The Morgan fingerprint density at radius 1 is 1.00 bits per heavy atom. The van der Waals surface area contributed by atoms with Crippen molar-refractivity contribution in [2.45, 2.75) is 13.0 Å². The van der Waals surface area contributed by atoms with E-state index in [0.717, 1.165) is 15.9 Å². The maximum absolute atomic E-state index is 12.1. The molecule has 1 N–H and O–H groups in total. The molecular formula is C20H17N3OS. The maximum atomic E-state index is 12.1. The van der Waals surface area contributed by atoms with E-state index in [1.165, 1.54) is 10.8 Å². The zero-order chi connectivity index (χ0) is 17.1. The van der Waals surface area contributed by atoms with E-state index in [1.54, 1.807) is 17.6 Å². The highest BCUT2D eigenvalue weighted by Gasteiger charge is 2.10. The SMILES string of the molecule is O=C(CCn1c2ccccc2c2ccccc21)N/N=C\c1cccs1. The van der Waals surface area contributed by atoms with Gasteiger partial charge in [-0.05, 0) is 23.6 Å². The number of hydrogen-bond donors (Lipinski definition) is 1. The van der Waals surface area contributed by atoms with E-state index in [-0.39, 0.29) is 5.91 Å². The van der Waals surface area contributed by atoms with Crippen LogP contribution >= 0.6 is 11.3 Å². The number of hydrazone groups is 1. The molecule has 0 spiro atoms. The van der Waals surface area contributed by atoms with Crippen LogP contribution in [0.2, 0.25) is 0 Å². The van der Waals surface area contributed by atoms with Crippen molar-refractivity contribution < 1.29 is 4.79 Å². The average molecular weight is 347 g/mol.